The van der Waals surface area contributed by atoms with E-state index in [1.165, 1.54) is 35.7 Å². The Bertz CT molecular complexity index is 1060. The largest absolute Gasteiger partial charge is 0.465 e. The van der Waals surface area contributed by atoms with Gasteiger partial charge in [0.05, 0.1) is 33.8 Å². The van der Waals surface area contributed by atoms with Crippen LogP contribution in [0, 0.1) is 0 Å². The molecule has 8 heteroatoms. The topological polar surface area (TPSA) is 76.6 Å². The van der Waals surface area contributed by atoms with Crippen LogP contribution in [0.3, 0.4) is 0 Å². The molecule has 2 aromatic carbocycles. The molecule has 140 valence electrons. The van der Waals surface area contributed by atoms with Crippen molar-refractivity contribution in [3.63, 3.8) is 0 Å². The molecule has 1 aliphatic rings. The molecule has 2 heterocycles. The molecule has 0 aliphatic carbocycles. The van der Waals surface area contributed by atoms with E-state index in [-0.39, 0.29) is 10.9 Å². The molecule has 0 bridgehead atoms. The van der Waals surface area contributed by atoms with E-state index in [0.29, 0.717) is 12.1 Å². The van der Waals surface area contributed by atoms with Crippen molar-refractivity contribution in [1.82, 2.24) is 9.29 Å². The predicted octanol–water partition coefficient (Wildman–Crippen LogP) is 3.61. The van der Waals surface area contributed by atoms with Gasteiger partial charge in [-0.15, -0.1) is 11.3 Å². The molecular formula is C19H18N2O4S2. The van der Waals surface area contributed by atoms with Crippen LogP contribution >= 0.6 is 11.3 Å². The Morgan fingerprint density at radius 1 is 1.19 bits per heavy atom. The lowest BCUT2D eigenvalue weighted by atomic mass is 10.2. The third kappa shape index (κ3) is 3.24. The van der Waals surface area contributed by atoms with Crippen molar-refractivity contribution in [3.05, 3.63) is 59.1 Å². The fourth-order valence-corrected chi connectivity index (χ4v) is 6.17. The number of fused-ring (bicyclic) bond motifs is 1. The summed E-state index contributed by atoms with van der Waals surface area (Å²) in [5.41, 5.74) is 1.21. The van der Waals surface area contributed by atoms with Crippen LogP contribution in [0.5, 0.6) is 0 Å². The maximum atomic E-state index is 13.2. The standard InChI is InChI=1S/C19H18N2O4S2/c1-25-19(22)13-8-10-14(11-9-13)27(23,24)21-12-4-6-16(21)18-20-15-5-2-3-7-17(15)26-18/h2-3,5,7-11,16H,4,6,12H2,1H3/t16-/m1/s1. The number of para-hydroxylation sites is 1. The Morgan fingerprint density at radius 2 is 1.93 bits per heavy atom. The van der Waals surface area contributed by atoms with Gasteiger partial charge in [-0.05, 0) is 49.2 Å². The van der Waals surface area contributed by atoms with Crippen molar-refractivity contribution in [1.29, 1.82) is 0 Å². The van der Waals surface area contributed by atoms with Crippen molar-refractivity contribution in [2.24, 2.45) is 0 Å². The maximum absolute atomic E-state index is 13.2. The fourth-order valence-electron chi connectivity index (χ4n) is 3.32. The summed E-state index contributed by atoms with van der Waals surface area (Å²) >= 11 is 1.54. The van der Waals surface area contributed by atoms with E-state index < -0.39 is 16.0 Å². The first kappa shape index (κ1) is 18.1. The zero-order chi connectivity index (χ0) is 19.0. The SMILES string of the molecule is COC(=O)c1ccc(S(=O)(=O)N2CCC[C@@H]2c2nc3ccccc3s2)cc1. The number of sulfonamides is 1. The van der Waals surface area contributed by atoms with Crippen molar-refractivity contribution in [2.45, 2.75) is 23.8 Å². The highest BCUT2D eigenvalue weighted by molar-refractivity contribution is 7.89. The Hall–Kier alpha value is -2.29. The fraction of sp³-hybridized carbons (Fsp3) is 0.263. The van der Waals surface area contributed by atoms with Gasteiger partial charge in [0.15, 0.2) is 0 Å². The van der Waals surface area contributed by atoms with Crippen molar-refractivity contribution in [3.8, 4) is 0 Å². The number of esters is 1. The van der Waals surface area contributed by atoms with Gasteiger partial charge in [0, 0.05) is 6.54 Å². The number of hydrogen-bond acceptors (Lipinski definition) is 6. The predicted molar refractivity (Wildman–Crippen MR) is 103 cm³/mol. The summed E-state index contributed by atoms with van der Waals surface area (Å²) in [6, 6.07) is 13.4. The highest BCUT2D eigenvalue weighted by Crippen LogP contribution is 2.39. The summed E-state index contributed by atoms with van der Waals surface area (Å²) < 4.78 is 33.6. The molecule has 0 N–H and O–H groups in total. The first-order valence-corrected chi connectivity index (χ1v) is 10.8. The molecule has 0 saturated carbocycles. The Morgan fingerprint density at radius 3 is 2.63 bits per heavy atom. The van der Waals surface area contributed by atoms with Crippen LogP contribution in [0.4, 0.5) is 0 Å². The molecule has 1 atom stereocenters. The number of ether oxygens (including phenoxy) is 1. The van der Waals surface area contributed by atoms with Gasteiger partial charge in [-0.3, -0.25) is 0 Å². The normalized spacial score (nSPS) is 18.0. The van der Waals surface area contributed by atoms with Crippen LogP contribution in [-0.2, 0) is 14.8 Å². The molecule has 1 aliphatic heterocycles. The van der Waals surface area contributed by atoms with Gasteiger partial charge < -0.3 is 4.74 Å². The lowest BCUT2D eigenvalue weighted by molar-refractivity contribution is 0.0600. The molecule has 0 unspecified atom stereocenters. The number of methoxy groups -OCH3 is 1. The summed E-state index contributed by atoms with van der Waals surface area (Å²) in [5, 5.41) is 0.823. The average Bonchev–Trinajstić information content (AvgIpc) is 3.34. The van der Waals surface area contributed by atoms with E-state index in [1.54, 1.807) is 11.3 Å². The van der Waals surface area contributed by atoms with Crippen LogP contribution in [0.2, 0.25) is 0 Å². The third-order valence-electron chi connectivity index (χ3n) is 4.68. The van der Waals surface area contributed by atoms with Gasteiger partial charge >= 0.3 is 5.97 Å². The van der Waals surface area contributed by atoms with Gasteiger partial charge in [-0.2, -0.15) is 4.31 Å². The molecule has 1 fully saturated rings. The average molecular weight is 402 g/mol. The monoisotopic (exact) mass is 402 g/mol. The lowest BCUT2D eigenvalue weighted by Crippen LogP contribution is -2.30. The van der Waals surface area contributed by atoms with Crippen molar-refractivity contribution >= 4 is 37.5 Å². The number of rotatable bonds is 4. The third-order valence-corrected chi connectivity index (χ3v) is 7.74. The minimum Gasteiger partial charge on any atom is -0.465 e. The van der Waals surface area contributed by atoms with Crippen LogP contribution in [0.25, 0.3) is 10.2 Å². The van der Waals surface area contributed by atoms with Crippen molar-refractivity contribution < 1.29 is 17.9 Å². The molecule has 1 saturated heterocycles. The molecule has 0 spiro atoms. The number of hydrogen-bond donors (Lipinski definition) is 0. The minimum atomic E-state index is -3.67. The molecule has 4 rings (SSSR count). The van der Waals surface area contributed by atoms with E-state index in [9.17, 15) is 13.2 Å². The number of carbonyl (C=O) groups excluding carboxylic acids is 1. The second-order valence-electron chi connectivity index (χ2n) is 6.31. The number of carbonyl (C=O) groups is 1. The second-order valence-corrected chi connectivity index (χ2v) is 9.26. The zero-order valence-electron chi connectivity index (χ0n) is 14.7. The number of nitrogens with zero attached hydrogens (tertiary/aromatic N) is 2. The number of aromatic nitrogens is 1. The van der Waals surface area contributed by atoms with Crippen LogP contribution in [-0.4, -0.2) is 37.3 Å². The molecule has 1 aromatic heterocycles. The Kier molecular flexibility index (Phi) is 4.71. The van der Waals surface area contributed by atoms with Crippen molar-refractivity contribution in [2.75, 3.05) is 13.7 Å². The molecule has 3 aromatic rings. The highest BCUT2D eigenvalue weighted by Gasteiger charge is 2.37. The summed E-state index contributed by atoms with van der Waals surface area (Å²) in [5.74, 6) is -0.493. The molecule has 6 nitrogen and oxygen atoms in total. The van der Waals surface area contributed by atoms with Crippen LogP contribution in [0.15, 0.2) is 53.4 Å². The van der Waals surface area contributed by atoms with Gasteiger partial charge in [-0.25, -0.2) is 18.2 Å². The van der Waals surface area contributed by atoms with E-state index in [1.807, 2.05) is 24.3 Å². The number of thiazole rings is 1. The first-order chi connectivity index (χ1) is 13.0. The van der Waals surface area contributed by atoms with Gasteiger partial charge in [-0.1, -0.05) is 12.1 Å². The smallest absolute Gasteiger partial charge is 0.337 e. The summed E-state index contributed by atoms with van der Waals surface area (Å²) in [7, 11) is -2.38. The summed E-state index contributed by atoms with van der Waals surface area (Å²) in [6.45, 7) is 0.460. The van der Waals surface area contributed by atoms with E-state index in [0.717, 1.165) is 28.1 Å². The van der Waals surface area contributed by atoms with Crippen LogP contribution in [0.1, 0.15) is 34.2 Å². The minimum absolute atomic E-state index is 0.170. The highest BCUT2D eigenvalue weighted by atomic mass is 32.2. The van der Waals surface area contributed by atoms with Gasteiger partial charge in [0.1, 0.15) is 5.01 Å². The molecule has 0 amide bonds. The van der Waals surface area contributed by atoms with Gasteiger partial charge in [0.2, 0.25) is 10.0 Å². The van der Waals surface area contributed by atoms with E-state index in [4.69, 9.17) is 0 Å². The lowest BCUT2D eigenvalue weighted by Gasteiger charge is -2.22. The zero-order valence-corrected chi connectivity index (χ0v) is 16.3. The molecular weight excluding hydrogens is 384 g/mol. The summed E-state index contributed by atoms with van der Waals surface area (Å²) in [6.07, 6.45) is 1.54. The quantitative estimate of drug-likeness (QED) is 0.623. The van der Waals surface area contributed by atoms with Gasteiger partial charge in [0.25, 0.3) is 0 Å². The second kappa shape index (κ2) is 7.03. The van der Waals surface area contributed by atoms with E-state index in [2.05, 4.69) is 9.72 Å². The molecule has 27 heavy (non-hydrogen) atoms. The summed E-state index contributed by atoms with van der Waals surface area (Å²) in [4.78, 5) is 16.4. The number of benzene rings is 2. The molecule has 0 radical (unpaired) electrons. The Labute approximate surface area is 161 Å². The maximum Gasteiger partial charge on any atom is 0.337 e. The Balaban J connectivity index is 1.66. The first-order valence-electron chi connectivity index (χ1n) is 8.56. The van der Waals surface area contributed by atoms with E-state index >= 15 is 0 Å². The van der Waals surface area contributed by atoms with Crippen LogP contribution < -0.4 is 0 Å².